The Hall–Kier alpha value is -7.36. The molecule has 3 aliphatic rings. The topological polar surface area (TPSA) is 15.7 Å². The van der Waals surface area contributed by atoms with Crippen molar-refractivity contribution in [2.24, 2.45) is 0 Å². The summed E-state index contributed by atoms with van der Waals surface area (Å²) in [5, 5.41) is 2.38. The lowest BCUT2D eigenvalue weighted by atomic mass is 9.72. The number of hydrogen-bond acceptors (Lipinski definition) is 3. The monoisotopic (exact) mass is 784 g/mol. The Bertz CT molecular complexity index is 3220. The lowest BCUT2D eigenvalue weighted by Crippen LogP contribution is -2.32. The van der Waals surface area contributed by atoms with Crippen LogP contribution in [-0.2, 0) is 10.8 Å². The van der Waals surface area contributed by atoms with Gasteiger partial charge in [-0.25, -0.2) is 0 Å². The minimum absolute atomic E-state index is 0.110. The van der Waals surface area contributed by atoms with E-state index in [4.69, 9.17) is 4.74 Å². The first kappa shape index (κ1) is 35.6. The minimum Gasteiger partial charge on any atom is -0.453 e. The van der Waals surface area contributed by atoms with Gasteiger partial charge in [0.1, 0.15) is 0 Å². The molecular formula is C58H44N2O. The second-order valence-electron chi connectivity index (χ2n) is 17.8. The van der Waals surface area contributed by atoms with Gasteiger partial charge >= 0.3 is 0 Å². The van der Waals surface area contributed by atoms with Crippen molar-refractivity contribution in [1.29, 1.82) is 0 Å². The van der Waals surface area contributed by atoms with Crippen LogP contribution in [0.2, 0.25) is 0 Å². The first-order chi connectivity index (χ1) is 29.8. The number of hydrogen-bond donors (Lipinski definition) is 0. The van der Waals surface area contributed by atoms with Gasteiger partial charge in [-0.3, -0.25) is 0 Å². The van der Waals surface area contributed by atoms with Crippen LogP contribution >= 0.6 is 0 Å². The lowest BCUT2D eigenvalue weighted by Gasteiger charge is -2.45. The maximum absolute atomic E-state index is 6.95. The van der Waals surface area contributed by atoms with Crippen molar-refractivity contribution < 1.29 is 4.74 Å². The summed E-state index contributed by atoms with van der Waals surface area (Å²) in [6, 6.07) is 71.0. The largest absolute Gasteiger partial charge is 0.453 e. The molecule has 2 heterocycles. The van der Waals surface area contributed by atoms with E-state index in [0.29, 0.717) is 0 Å². The van der Waals surface area contributed by atoms with Crippen LogP contribution in [0.3, 0.4) is 0 Å². The first-order valence-electron chi connectivity index (χ1n) is 21.3. The molecule has 9 aromatic carbocycles. The summed E-state index contributed by atoms with van der Waals surface area (Å²) in [4.78, 5) is 4.85. The normalized spacial score (nSPS) is 14.6. The van der Waals surface area contributed by atoms with Crippen LogP contribution in [-0.4, -0.2) is 0 Å². The number of rotatable bonds is 5. The molecule has 1 aliphatic carbocycles. The van der Waals surface area contributed by atoms with E-state index in [1.807, 2.05) is 0 Å². The third-order valence-corrected chi connectivity index (χ3v) is 13.6. The molecule has 0 spiro atoms. The van der Waals surface area contributed by atoms with Gasteiger partial charge in [-0.2, -0.15) is 0 Å². The van der Waals surface area contributed by atoms with Crippen LogP contribution in [0.1, 0.15) is 49.9 Å². The van der Waals surface area contributed by atoms with Crippen LogP contribution < -0.4 is 14.5 Å². The molecule has 12 rings (SSSR count). The Morgan fingerprint density at radius 1 is 0.393 bits per heavy atom. The second kappa shape index (κ2) is 13.1. The molecule has 0 aromatic heterocycles. The SMILES string of the molecule is CC1(C)c2ccccc2-c2ccc(N(c3ccc(-c4ccccc4)cc3)c3ccc(-c4cc5c6c(c4)C(C)(C)c4ccccc4N6c4c(ccc6ccccc46)O5)cc3)cc21. The lowest BCUT2D eigenvalue weighted by molar-refractivity contribution is 0.472. The molecule has 3 heteroatoms. The van der Waals surface area contributed by atoms with Crippen LogP contribution in [0.25, 0.3) is 44.2 Å². The van der Waals surface area contributed by atoms with E-state index in [-0.39, 0.29) is 10.8 Å². The summed E-state index contributed by atoms with van der Waals surface area (Å²) in [6.45, 7) is 9.40. The Balaban J connectivity index is 0.982. The zero-order chi connectivity index (χ0) is 41.0. The van der Waals surface area contributed by atoms with Crippen LogP contribution in [0, 0.1) is 0 Å². The molecule has 0 saturated carbocycles. The van der Waals surface area contributed by atoms with Gasteiger partial charge in [0.2, 0.25) is 0 Å². The Morgan fingerprint density at radius 3 is 1.75 bits per heavy atom. The molecule has 61 heavy (non-hydrogen) atoms. The van der Waals surface area contributed by atoms with Crippen molar-refractivity contribution in [3.8, 4) is 44.9 Å². The third-order valence-electron chi connectivity index (χ3n) is 13.6. The maximum atomic E-state index is 6.95. The van der Waals surface area contributed by atoms with Crippen LogP contribution in [0.4, 0.5) is 34.1 Å². The van der Waals surface area contributed by atoms with Gasteiger partial charge in [0.15, 0.2) is 11.5 Å². The van der Waals surface area contributed by atoms with Crippen molar-refractivity contribution in [3.63, 3.8) is 0 Å². The summed E-state index contributed by atoms with van der Waals surface area (Å²) >= 11 is 0. The highest BCUT2D eigenvalue weighted by Gasteiger charge is 2.42. The van der Waals surface area contributed by atoms with Gasteiger partial charge < -0.3 is 14.5 Å². The van der Waals surface area contributed by atoms with Crippen molar-refractivity contribution in [3.05, 3.63) is 216 Å². The molecule has 0 fully saturated rings. The molecule has 2 aliphatic heterocycles. The van der Waals surface area contributed by atoms with E-state index in [2.05, 4.69) is 232 Å². The van der Waals surface area contributed by atoms with Gasteiger partial charge in [-0.1, -0.05) is 161 Å². The molecule has 0 unspecified atom stereocenters. The summed E-state index contributed by atoms with van der Waals surface area (Å²) < 4.78 is 6.95. The molecule has 0 bridgehead atoms. The zero-order valence-electron chi connectivity index (χ0n) is 34.8. The van der Waals surface area contributed by atoms with Crippen molar-refractivity contribution >= 4 is 44.9 Å². The van der Waals surface area contributed by atoms with E-state index in [1.54, 1.807) is 0 Å². The molecule has 0 atom stereocenters. The first-order valence-corrected chi connectivity index (χ1v) is 21.3. The smallest absolute Gasteiger partial charge is 0.152 e. The molecule has 9 aromatic rings. The van der Waals surface area contributed by atoms with E-state index in [1.165, 1.54) is 61.0 Å². The number of ether oxygens (including phenoxy) is 1. The van der Waals surface area contributed by atoms with E-state index in [0.717, 1.165) is 51.1 Å². The Morgan fingerprint density at radius 2 is 0.984 bits per heavy atom. The quantitative estimate of drug-likeness (QED) is 0.173. The third kappa shape index (κ3) is 5.30. The van der Waals surface area contributed by atoms with Crippen LogP contribution in [0.15, 0.2) is 194 Å². The summed E-state index contributed by atoms with van der Waals surface area (Å²) in [5.74, 6) is 1.75. The van der Waals surface area contributed by atoms with E-state index >= 15 is 0 Å². The van der Waals surface area contributed by atoms with Crippen molar-refractivity contribution in [2.45, 2.75) is 38.5 Å². The maximum Gasteiger partial charge on any atom is 0.152 e. The molecule has 3 nitrogen and oxygen atoms in total. The van der Waals surface area contributed by atoms with Gasteiger partial charge in [0.05, 0.1) is 17.1 Å². The molecular weight excluding hydrogens is 741 g/mol. The highest BCUT2D eigenvalue weighted by Crippen LogP contribution is 2.62. The van der Waals surface area contributed by atoms with Crippen molar-refractivity contribution in [2.75, 3.05) is 9.80 Å². The van der Waals surface area contributed by atoms with E-state index < -0.39 is 0 Å². The minimum atomic E-state index is -0.262. The zero-order valence-corrected chi connectivity index (χ0v) is 34.8. The Kier molecular flexibility index (Phi) is 7.62. The summed E-state index contributed by atoms with van der Waals surface area (Å²) in [6.07, 6.45) is 0. The standard InChI is InChI=1S/C58H44N2O/c1-57(2)48-19-11-10-18-46(48)47-32-31-44(36-50(47)57)59(42-27-22-38(23-28-42)37-14-6-5-7-15-37)43-29-24-39(25-30-43)41-34-51-56-54(35-41)61-53-33-26-40-16-8-9-17-45(40)55(53)60(56)52-21-13-12-20-49(52)58(51,3)4/h5-36H,1-4H3. The number of nitrogens with zero attached hydrogens (tertiary/aromatic N) is 2. The summed E-state index contributed by atoms with van der Waals surface area (Å²) in [7, 11) is 0. The Labute approximate surface area is 357 Å². The molecule has 0 saturated heterocycles. The highest BCUT2D eigenvalue weighted by atomic mass is 16.5. The second-order valence-corrected chi connectivity index (χ2v) is 17.8. The van der Waals surface area contributed by atoms with Gasteiger partial charge in [0.25, 0.3) is 0 Å². The average molecular weight is 785 g/mol. The van der Waals surface area contributed by atoms with Crippen LogP contribution in [0.5, 0.6) is 11.5 Å². The van der Waals surface area contributed by atoms with Gasteiger partial charge in [-0.15, -0.1) is 0 Å². The number of fused-ring (bicyclic) bond motifs is 9. The molecule has 0 radical (unpaired) electrons. The fourth-order valence-corrected chi connectivity index (χ4v) is 10.4. The van der Waals surface area contributed by atoms with E-state index in [9.17, 15) is 0 Å². The number of benzene rings is 9. The molecule has 292 valence electrons. The molecule has 0 N–H and O–H groups in total. The highest BCUT2D eigenvalue weighted by molar-refractivity contribution is 6.06. The van der Waals surface area contributed by atoms with Crippen molar-refractivity contribution in [1.82, 2.24) is 0 Å². The predicted molar refractivity (Wildman–Crippen MR) is 254 cm³/mol. The average Bonchev–Trinajstić information content (AvgIpc) is 3.53. The fourth-order valence-electron chi connectivity index (χ4n) is 10.4. The van der Waals surface area contributed by atoms with Gasteiger partial charge in [0, 0.05) is 33.3 Å². The summed E-state index contributed by atoms with van der Waals surface area (Å²) in [5.41, 5.74) is 19.0. The fraction of sp³-hybridized carbons (Fsp3) is 0.103. The van der Waals surface area contributed by atoms with Gasteiger partial charge in [-0.05, 0) is 122 Å². The molecule has 0 amide bonds. The number of anilines is 6. The predicted octanol–water partition coefficient (Wildman–Crippen LogP) is 16.2. The number of para-hydroxylation sites is 1.